The van der Waals surface area contributed by atoms with Gasteiger partial charge in [0, 0.05) is 25.6 Å². The van der Waals surface area contributed by atoms with Gasteiger partial charge in [0.25, 0.3) is 0 Å². The minimum absolute atomic E-state index is 0.126. The van der Waals surface area contributed by atoms with Gasteiger partial charge in [0.1, 0.15) is 11.8 Å². The van der Waals surface area contributed by atoms with Gasteiger partial charge in [-0.3, -0.25) is 13.9 Å². The first-order valence-electron chi connectivity index (χ1n) is 13.4. The van der Waals surface area contributed by atoms with Crippen LogP contribution in [0.1, 0.15) is 63.0 Å². The van der Waals surface area contributed by atoms with Gasteiger partial charge >= 0.3 is 0 Å². The number of aryl methyl sites for hydroxylation is 1. The van der Waals surface area contributed by atoms with E-state index in [1.165, 1.54) is 10.6 Å². The van der Waals surface area contributed by atoms with Crippen molar-refractivity contribution in [2.45, 2.75) is 77.4 Å². The van der Waals surface area contributed by atoms with Gasteiger partial charge in [-0.25, -0.2) is 8.42 Å². The Balaban J connectivity index is 1.76. The van der Waals surface area contributed by atoms with Crippen LogP contribution in [0.3, 0.4) is 0 Å². The molecule has 1 fully saturated rings. The van der Waals surface area contributed by atoms with Gasteiger partial charge in [0.05, 0.1) is 19.1 Å². The molecule has 0 saturated heterocycles. The van der Waals surface area contributed by atoms with Crippen LogP contribution in [-0.2, 0) is 26.2 Å². The van der Waals surface area contributed by atoms with E-state index in [0.29, 0.717) is 18.5 Å². The van der Waals surface area contributed by atoms with E-state index >= 15 is 0 Å². The van der Waals surface area contributed by atoms with E-state index < -0.39 is 16.1 Å². The lowest BCUT2D eigenvalue weighted by atomic mass is 10.1. The molecule has 38 heavy (non-hydrogen) atoms. The molecular weight excluding hydrogens is 502 g/mol. The van der Waals surface area contributed by atoms with Gasteiger partial charge in [-0.2, -0.15) is 0 Å². The topological polar surface area (TPSA) is 96.0 Å². The number of benzene rings is 2. The fourth-order valence-electron chi connectivity index (χ4n) is 5.04. The molecule has 0 spiro atoms. The largest absolute Gasteiger partial charge is 0.497 e. The molecule has 2 aromatic carbocycles. The molecule has 0 unspecified atom stereocenters. The number of nitrogens with one attached hydrogen (secondary N) is 1. The van der Waals surface area contributed by atoms with E-state index in [9.17, 15) is 18.0 Å². The third kappa shape index (κ3) is 7.96. The summed E-state index contributed by atoms with van der Waals surface area (Å²) in [5.41, 5.74) is 2.35. The first-order valence-corrected chi connectivity index (χ1v) is 15.2. The highest BCUT2D eigenvalue weighted by atomic mass is 32.2. The zero-order chi connectivity index (χ0) is 27.7. The lowest BCUT2D eigenvalue weighted by molar-refractivity contribution is -0.141. The van der Waals surface area contributed by atoms with Gasteiger partial charge in [0.15, 0.2) is 0 Å². The minimum Gasteiger partial charge on any atom is -0.497 e. The maximum atomic E-state index is 13.6. The van der Waals surface area contributed by atoms with Crippen molar-refractivity contribution in [3.63, 3.8) is 0 Å². The highest BCUT2D eigenvalue weighted by Crippen LogP contribution is 2.24. The van der Waals surface area contributed by atoms with Crippen molar-refractivity contribution in [1.29, 1.82) is 0 Å². The Morgan fingerprint density at radius 2 is 1.74 bits per heavy atom. The number of para-hydroxylation sites is 1. The van der Waals surface area contributed by atoms with Crippen LogP contribution < -0.4 is 14.4 Å². The fraction of sp³-hybridized carbons (Fsp3) is 0.517. The average Bonchev–Trinajstić information content (AvgIpc) is 3.39. The molecule has 0 bridgehead atoms. The van der Waals surface area contributed by atoms with Crippen molar-refractivity contribution < 1.29 is 22.7 Å². The van der Waals surface area contributed by atoms with Crippen LogP contribution in [-0.4, -0.2) is 57.1 Å². The van der Waals surface area contributed by atoms with Crippen molar-refractivity contribution in [1.82, 2.24) is 10.2 Å². The maximum Gasteiger partial charge on any atom is 0.243 e. The van der Waals surface area contributed by atoms with Crippen molar-refractivity contribution in [3.05, 3.63) is 59.7 Å². The van der Waals surface area contributed by atoms with Gasteiger partial charge in [-0.1, -0.05) is 50.1 Å². The molecule has 1 aliphatic carbocycles. The first-order chi connectivity index (χ1) is 18.1. The number of rotatable bonds is 13. The van der Waals surface area contributed by atoms with Crippen molar-refractivity contribution in [2.24, 2.45) is 0 Å². The van der Waals surface area contributed by atoms with E-state index in [1.807, 2.05) is 50.2 Å². The number of amides is 2. The molecule has 0 radical (unpaired) electrons. The zero-order valence-electron chi connectivity index (χ0n) is 23.0. The molecule has 0 aromatic heterocycles. The molecular formula is C29H41N3O5S. The standard InChI is InChI=1S/C29H41N3O5S/c1-5-26(29(34)30-24-12-7-8-13-24)31(21-23-16-18-25(37-3)19-17-23)28(33)15-10-20-32(38(4,35)36)27-14-9-6-11-22(27)2/h6,9,11,14,16-19,24,26H,5,7-8,10,12-13,15,20-21H2,1-4H3,(H,30,34)/t26-/m0/s1. The SMILES string of the molecule is CC[C@@H](C(=O)NC1CCCC1)N(Cc1ccc(OC)cc1)C(=O)CCCN(c1ccccc1C)S(C)(=O)=O. The zero-order valence-corrected chi connectivity index (χ0v) is 23.8. The second-order valence-electron chi connectivity index (χ2n) is 10.0. The summed E-state index contributed by atoms with van der Waals surface area (Å²) in [4.78, 5) is 28.5. The van der Waals surface area contributed by atoms with Crippen LogP contribution in [0, 0.1) is 6.92 Å². The van der Waals surface area contributed by atoms with Crippen LogP contribution in [0.25, 0.3) is 0 Å². The Morgan fingerprint density at radius 1 is 1.08 bits per heavy atom. The first kappa shape index (κ1) is 29.5. The molecule has 208 valence electrons. The molecule has 8 nitrogen and oxygen atoms in total. The number of ether oxygens (including phenoxy) is 1. The number of hydrogen-bond donors (Lipinski definition) is 1. The number of hydrogen-bond acceptors (Lipinski definition) is 5. The normalized spacial score (nSPS) is 14.6. The van der Waals surface area contributed by atoms with Crippen LogP contribution in [0.2, 0.25) is 0 Å². The molecule has 9 heteroatoms. The van der Waals surface area contributed by atoms with Crippen LogP contribution in [0.15, 0.2) is 48.5 Å². The Kier molecular flexibility index (Phi) is 10.6. The maximum absolute atomic E-state index is 13.6. The van der Waals surface area contributed by atoms with Gasteiger partial charge in [0.2, 0.25) is 21.8 Å². The number of nitrogens with zero attached hydrogens (tertiary/aromatic N) is 2. The summed E-state index contributed by atoms with van der Waals surface area (Å²) in [6, 6.07) is 14.3. The Hall–Kier alpha value is -3.07. The molecule has 2 aromatic rings. The molecule has 0 aliphatic heterocycles. The van der Waals surface area contributed by atoms with E-state index in [1.54, 1.807) is 24.1 Å². The number of anilines is 1. The highest BCUT2D eigenvalue weighted by molar-refractivity contribution is 7.92. The second-order valence-corrected chi connectivity index (χ2v) is 11.9. The monoisotopic (exact) mass is 543 g/mol. The summed E-state index contributed by atoms with van der Waals surface area (Å²) in [6.07, 6.45) is 6.27. The molecule has 3 rings (SSSR count). The molecule has 0 heterocycles. The van der Waals surface area contributed by atoms with E-state index in [4.69, 9.17) is 4.74 Å². The minimum atomic E-state index is -3.53. The number of sulfonamides is 1. The van der Waals surface area contributed by atoms with Gasteiger partial charge in [-0.15, -0.1) is 0 Å². The summed E-state index contributed by atoms with van der Waals surface area (Å²) < 4.78 is 31.7. The smallest absolute Gasteiger partial charge is 0.243 e. The number of methoxy groups -OCH3 is 1. The molecule has 1 atom stereocenters. The summed E-state index contributed by atoms with van der Waals surface area (Å²) >= 11 is 0. The van der Waals surface area contributed by atoms with Gasteiger partial charge in [-0.05, 0) is 61.9 Å². The molecule has 1 saturated carbocycles. The molecule has 1 aliphatic rings. The van der Waals surface area contributed by atoms with Crippen LogP contribution in [0.5, 0.6) is 5.75 Å². The third-order valence-corrected chi connectivity index (χ3v) is 8.32. The lowest BCUT2D eigenvalue weighted by Crippen LogP contribution is -2.51. The van der Waals surface area contributed by atoms with Crippen LogP contribution >= 0.6 is 0 Å². The van der Waals surface area contributed by atoms with Crippen molar-refractivity contribution in [3.8, 4) is 5.75 Å². The quantitative estimate of drug-likeness (QED) is 0.404. The third-order valence-electron chi connectivity index (χ3n) is 7.14. The summed E-state index contributed by atoms with van der Waals surface area (Å²) in [7, 11) is -1.93. The number of carbonyl (C=O) groups excluding carboxylic acids is 2. The predicted molar refractivity (Wildman–Crippen MR) is 151 cm³/mol. The van der Waals surface area contributed by atoms with E-state index in [0.717, 1.165) is 42.6 Å². The van der Waals surface area contributed by atoms with Crippen molar-refractivity contribution >= 4 is 27.5 Å². The fourth-order valence-corrected chi connectivity index (χ4v) is 6.06. The average molecular weight is 544 g/mol. The lowest BCUT2D eigenvalue weighted by Gasteiger charge is -2.32. The predicted octanol–water partition coefficient (Wildman–Crippen LogP) is 4.42. The van der Waals surface area contributed by atoms with Crippen LogP contribution in [0.4, 0.5) is 5.69 Å². The van der Waals surface area contributed by atoms with E-state index in [2.05, 4.69) is 5.32 Å². The number of carbonyl (C=O) groups is 2. The summed E-state index contributed by atoms with van der Waals surface area (Å²) in [5, 5.41) is 3.15. The Morgan fingerprint density at radius 3 is 2.32 bits per heavy atom. The molecule has 1 N–H and O–H groups in total. The molecule has 2 amide bonds. The summed E-state index contributed by atoms with van der Waals surface area (Å²) in [6.45, 7) is 4.24. The highest BCUT2D eigenvalue weighted by Gasteiger charge is 2.30. The Labute approximate surface area is 227 Å². The second kappa shape index (κ2) is 13.6. The van der Waals surface area contributed by atoms with Crippen molar-refractivity contribution in [2.75, 3.05) is 24.2 Å². The Bertz CT molecular complexity index is 1180. The van der Waals surface area contributed by atoms with E-state index in [-0.39, 0.29) is 37.4 Å². The van der Waals surface area contributed by atoms with Gasteiger partial charge < -0.3 is 15.0 Å². The summed E-state index contributed by atoms with van der Waals surface area (Å²) in [5.74, 6) is 0.418.